The molecule has 4 rings (SSSR count). The molecule has 3 aromatic rings. The molecule has 0 bridgehead atoms. The number of amides is 1. The molecule has 7 heteroatoms. The number of hydrogen-bond donors (Lipinski definition) is 3. The maximum atomic E-state index is 12.3. The molecule has 1 aromatic carbocycles. The Morgan fingerprint density at radius 2 is 2.22 bits per heavy atom. The molecule has 4 N–H and O–H groups in total. The van der Waals surface area contributed by atoms with Crippen LogP contribution in [0.2, 0.25) is 0 Å². The van der Waals surface area contributed by atoms with Crippen LogP contribution in [0.25, 0.3) is 16.9 Å². The van der Waals surface area contributed by atoms with Gasteiger partial charge in [-0.3, -0.25) is 14.0 Å². The predicted molar refractivity (Wildman–Crippen MR) is 86.4 cm³/mol. The van der Waals surface area contributed by atoms with Gasteiger partial charge in [0.15, 0.2) is 0 Å². The summed E-state index contributed by atoms with van der Waals surface area (Å²) in [6, 6.07) is 7.92. The van der Waals surface area contributed by atoms with Gasteiger partial charge in [-0.2, -0.15) is 0 Å². The molecule has 116 valence electrons. The fraction of sp³-hybridized carbons (Fsp3) is 0.188. The van der Waals surface area contributed by atoms with Crippen LogP contribution in [-0.4, -0.2) is 26.8 Å². The molecule has 0 fully saturated rings. The summed E-state index contributed by atoms with van der Waals surface area (Å²) in [6.45, 7) is 0.271. The van der Waals surface area contributed by atoms with E-state index in [0.717, 1.165) is 22.5 Å². The van der Waals surface area contributed by atoms with E-state index in [-0.39, 0.29) is 30.1 Å². The fourth-order valence-corrected chi connectivity index (χ4v) is 3.05. The summed E-state index contributed by atoms with van der Waals surface area (Å²) in [5.74, 6) is 0.299. The first kappa shape index (κ1) is 13.7. The van der Waals surface area contributed by atoms with Crippen molar-refractivity contribution in [2.75, 3.05) is 11.9 Å². The maximum absolute atomic E-state index is 12.3. The van der Waals surface area contributed by atoms with Crippen molar-refractivity contribution in [3.63, 3.8) is 0 Å². The van der Waals surface area contributed by atoms with Crippen molar-refractivity contribution >= 4 is 17.4 Å². The number of nitrogens with one attached hydrogen (secondary N) is 2. The lowest BCUT2D eigenvalue weighted by Gasteiger charge is -2.08. The summed E-state index contributed by atoms with van der Waals surface area (Å²) in [5.41, 5.74) is 9.25. The van der Waals surface area contributed by atoms with Gasteiger partial charge in [-0.1, -0.05) is 24.3 Å². The highest BCUT2D eigenvalue weighted by Gasteiger charge is 2.24. The van der Waals surface area contributed by atoms with Crippen molar-refractivity contribution in [1.82, 2.24) is 14.4 Å². The molecule has 2 aromatic heterocycles. The van der Waals surface area contributed by atoms with Crippen LogP contribution in [0.5, 0.6) is 0 Å². The predicted octanol–water partition coefficient (Wildman–Crippen LogP) is 0.881. The number of nitrogens with zero attached hydrogens (tertiary/aromatic N) is 2. The van der Waals surface area contributed by atoms with Crippen molar-refractivity contribution in [1.29, 1.82) is 0 Å². The number of fused-ring (bicyclic) bond motifs is 5. The highest BCUT2D eigenvalue weighted by molar-refractivity contribution is 5.90. The molecule has 0 unspecified atom stereocenters. The molecule has 1 amide bonds. The molecule has 1 aliphatic carbocycles. The second-order valence-electron chi connectivity index (χ2n) is 5.50. The molecular formula is C16H15N5O2. The van der Waals surface area contributed by atoms with E-state index in [1.54, 1.807) is 4.40 Å². The molecular weight excluding hydrogens is 294 g/mol. The molecule has 2 heterocycles. The Bertz CT molecular complexity index is 986. The molecule has 0 radical (unpaired) electrons. The van der Waals surface area contributed by atoms with Crippen LogP contribution < -0.4 is 16.6 Å². The molecule has 1 aliphatic rings. The number of H-pyrrole nitrogens is 1. The average Bonchev–Trinajstić information content (AvgIpc) is 3.10. The molecule has 23 heavy (non-hydrogen) atoms. The zero-order chi connectivity index (χ0) is 16.0. The maximum Gasteiger partial charge on any atom is 0.292 e. The summed E-state index contributed by atoms with van der Waals surface area (Å²) in [7, 11) is 0. The number of anilines is 1. The first-order valence-corrected chi connectivity index (χ1v) is 7.40. The van der Waals surface area contributed by atoms with Gasteiger partial charge in [0.05, 0.1) is 17.6 Å². The normalized spacial score (nSPS) is 12.2. The van der Waals surface area contributed by atoms with Crippen LogP contribution in [0.1, 0.15) is 17.7 Å². The second-order valence-corrected chi connectivity index (χ2v) is 5.50. The Morgan fingerprint density at radius 3 is 3.04 bits per heavy atom. The number of rotatable bonds is 3. The Kier molecular flexibility index (Phi) is 3.02. The highest BCUT2D eigenvalue weighted by Crippen LogP contribution is 2.35. The number of aromatic nitrogens is 3. The number of hydrogen-bond acceptors (Lipinski definition) is 4. The van der Waals surface area contributed by atoms with Crippen LogP contribution >= 0.6 is 0 Å². The minimum absolute atomic E-state index is 0.196. The third-order valence-corrected chi connectivity index (χ3v) is 4.05. The molecule has 0 spiro atoms. The smallest absolute Gasteiger partial charge is 0.292 e. The molecule has 0 atom stereocenters. The largest absolute Gasteiger partial charge is 0.330 e. The Morgan fingerprint density at radius 1 is 1.39 bits per heavy atom. The van der Waals surface area contributed by atoms with Gasteiger partial charge in [0.1, 0.15) is 5.82 Å². The molecule has 0 aliphatic heterocycles. The highest BCUT2D eigenvalue weighted by atomic mass is 16.1. The Hall–Kier alpha value is -2.93. The Balaban J connectivity index is 1.92. The zero-order valence-electron chi connectivity index (χ0n) is 12.3. The first-order valence-electron chi connectivity index (χ1n) is 7.40. The van der Waals surface area contributed by atoms with Gasteiger partial charge in [-0.15, -0.1) is 0 Å². The van der Waals surface area contributed by atoms with E-state index in [4.69, 9.17) is 5.73 Å². The number of carbonyl (C=O) groups excluding carboxylic acids is 1. The van der Waals surface area contributed by atoms with Gasteiger partial charge in [-0.25, -0.2) is 4.98 Å². The van der Waals surface area contributed by atoms with Crippen molar-refractivity contribution in [3.05, 3.63) is 52.1 Å². The second kappa shape index (κ2) is 5.06. The minimum Gasteiger partial charge on any atom is -0.330 e. The lowest BCUT2D eigenvalue weighted by molar-refractivity contribution is -0.116. The van der Waals surface area contributed by atoms with Gasteiger partial charge in [0.25, 0.3) is 5.56 Å². The van der Waals surface area contributed by atoms with Gasteiger partial charge >= 0.3 is 0 Å². The van der Waals surface area contributed by atoms with E-state index in [9.17, 15) is 9.59 Å². The van der Waals surface area contributed by atoms with E-state index in [1.807, 2.05) is 24.3 Å². The van der Waals surface area contributed by atoms with Crippen LogP contribution in [0.3, 0.4) is 0 Å². The molecule has 0 saturated carbocycles. The van der Waals surface area contributed by atoms with E-state index in [1.165, 1.54) is 6.20 Å². The monoisotopic (exact) mass is 309 g/mol. The van der Waals surface area contributed by atoms with E-state index >= 15 is 0 Å². The molecule has 0 saturated heterocycles. The van der Waals surface area contributed by atoms with Crippen molar-refractivity contribution in [2.45, 2.75) is 12.8 Å². The topological polar surface area (TPSA) is 105 Å². The number of benzene rings is 1. The van der Waals surface area contributed by atoms with Crippen molar-refractivity contribution in [2.24, 2.45) is 5.73 Å². The summed E-state index contributed by atoms with van der Waals surface area (Å²) in [6.07, 6.45) is 2.40. The average molecular weight is 309 g/mol. The standard InChI is InChI=1S/C16H15N5O2/c17-6-5-13(22)19-12-8-18-15-16(23)20-14-10-4-2-1-3-9(10)7-11(14)21(12)15/h1-4,8H,5-7,17H2,(H,19,22)(H,20,23). The van der Waals surface area contributed by atoms with Gasteiger partial charge in [0, 0.05) is 24.9 Å². The van der Waals surface area contributed by atoms with Crippen LogP contribution in [-0.2, 0) is 11.2 Å². The number of carbonyl (C=O) groups is 1. The quantitative estimate of drug-likeness (QED) is 0.522. The van der Waals surface area contributed by atoms with E-state index in [2.05, 4.69) is 15.3 Å². The van der Waals surface area contributed by atoms with Gasteiger partial charge < -0.3 is 16.0 Å². The third-order valence-electron chi connectivity index (χ3n) is 4.05. The SMILES string of the molecule is NCCC(=O)Nc1cnc2c(=O)[nH]c3c(n12)Cc1ccccc1-3. The lowest BCUT2D eigenvalue weighted by Crippen LogP contribution is -2.19. The molecule has 7 nitrogen and oxygen atoms in total. The number of aromatic amines is 1. The Labute approximate surface area is 131 Å². The summed E-state index contributed by atoms with van der Waals surface area (Å²) < 4.78 is 1.72. The van der Waals surface area contributed by atoms with E-state index < -0.39 is 0 Å². The first-order chi connectivity index (χ1) is 11.2. The van der Waals surface area contributed by atoms with Crippen molar-refractivity contribution < 1.29 is 4.79 Å². The van der Waals surface area contributed by atoms with Gasteiger partial charge in [0.2, 0.25) is 11.6 Å². The van der Waals surface area contributed by atoms with Crippen molar-refractivity contribution in [3.8, 4) is 11.3 Å². The van der Waals surface area contributed by atoms with E-state index in [0.29, 0.717) is 12.2 Å². The zero-order valence-corrected chi connectivity index (χ0v) is 12.3. The fourth-order valence-electron chi connectivity index (χ4n) is 3.05. The summed E-state index contributed by atoms with van der Waals surface area (Å²) in [4.78, 5) is 31.2. The number of nitrogens with two attached hydrogens (primary N) is 1. The third kappa shape index (κ3) is 2.05. The van der Waals surface area contributed by atoms with Crippen LogP contribution in [0, 0.1) is 0 Å². The summed E-state index contributed by atoms with van der Waals surface area (Å²) >= 11 is 0. The number of imidazole rings is 1. The summed E-state index contributed by atoms with van der Waals surface area (Å²) in [5, 5.41) is 2.78. The van der Waals surface area contributed by atoms with Crippen LogP contribution in [0.4, 0.5) is 5.82 Å². The van der Waals surface area contributed by atoms with Crippen LogP contribution in [0.15, 0.2) is 35.3 Å². The van der Waals surface area contributed by atoms with Gasteiger partial charge in [-0.05, 0) is 5.56 Å². The lowest BCUT2D eigenvalue weighted by atomic mass is 10.1. The minimum atomic E-state index is -0.278.